The van der Waals surface area contributed by atoms with Gasteiger partial charge in [0.05, 0.1) is 23.1 Å². The van der Waals surface area contributed by atoms with Crippen LogP contribution in [0.2, 0.25) is 0 Å². The summed E-state index contributed by atoms with van der Waals surface area (Å²) in [6.07, 6.45) is -0.119. The van der Waals surface area contributed by atoms with Crippen molar-refractivity contribution in [3.63, 3.8) is 0 Å². The van der Waals surface area contributed by atoms with Crippen LogP contribution in [0.5, 0.6) is 0 Å². The Balaban J connectivity index is 1.68. The molecule has 0 aliphatic carbocycles. The number of nitrogens with two attached hydrogens (primary N) is 1. The Bertz CT molecular complexity index is 1630. The van der Waals surface area contributed by atoms with Crippen molar-refractivity contribution in [1.29, 1.82) is 5.26 Å². The van der Waals surface area contributed by atoms with E-state index in [9.17, 15) is 22.8 Å². The molecule has 1 atom stereocenters. The van der Waals surface area contributed by atoms with Gasteiger partial charge in [-0.1, -0.05) is 24.3 Å². The molecule has 0 amide bonds. The largest absolute Gasteiger partial charge is 0.451 e. The molecule has 0 spiro atoms. The van der Waals surface area contributed by atoms with Crippen molar-refractivity contribution < 1.29 is 17.6 Å². The van der Waals surface area contributed by atoms with Gasteiger partial charge in [-0.25, -0.2) is 28.5 Å². The molecule has 0 aliphatic heterocycles. The SMILES string of the molecule is C[C@@H](c1cn(-c2ccccc2F)nn1)c1c(C#N)c(-c2cnc(C(F)(F)F)nc2)c2c(N)ncnn12. The molecule has 1 aromatic carbocycles. The quantitative estimate of drug-likeness (QED) is 0.375. The van der Waals surface area contributed by atoms with Crippen molar-refractivity contribution in [3.05, 3.63) is 77.8 Å². The van der Waals surface area contributed by atoms with Gasteiger partial charge in [0.25, 0.3) is 0 Å². The molecule has 0 fully saturated rings. The third-order valence-electron chi connectivity index (χ3n) is 5.56. The Hall–Kier alpha value is -4.93. The normalized spacial score (nSPS) is 12.6. The Morgan fingerprint density at radius 1 is 1.11 bits per heavy atom. The molecule has 10 nitrogen and oxygen atoms in total. The highest BCUT2D eigenvalue weighted by Crippen LogP contribution is 2.39. The van der Waals surface area contributed by atoms with Crippen molar-refractivity contribution in [2.45, 2.75) is 19.0 Å². The second kappa shape index (κ2) is 8.38. The molecule has 0 bridgehead atoms. The van der Waals surface area contributed by atoms with Crippen LogP contribution in [0.15, 0.2) is 49.2 Å². The molecule has 180 valence electrons. The molecule has 0 saturated heterocycles. The van der Waals surface area contributed by atoms with Crippen molar-refractivity contribution in [2.75, 3.05) is 5.73 Å². The van der Waals surface area contributed by atoms with Gasteiger partial charge >= 0.3 is 6.18 Å². The monoisotopic (exact) mass is 494 g/mol. The van der Waals surface area contributed by atoms with Crippen molar-refractivity contribution in [2.24, 2.45) is 0 Å². The maximum Gasteiger partial charge on any atom is 0.451 e. The maximum atomic E-state index is 14.2. The predicted molar refractivity (Wildman–Crippen MR) is 117 cm³/mol. The van der Waals surface area contributed by atoms with E-state index in [1.54, 1.807) is 19.1 Å². The number of alkyl halides is 3. The third-order valence-corrected chi connectivity index (χ3v) is 5.56. The van der Waals surface area contributed by atoms with Gasteiger partial charge in [0.15, 0.2) is 5.82 Å². The van der Waals surface area contributed by atoms with Crippen molar-refractivity contribution >= 4 is 11.3 Å². The topological polar surface area (TPSA) is 136 Å². The first kappa shape index (κ1) is 22.8. The van der Waals surface area contributed by atoms with Gasteiger partial charge in [0, 0.05) is 29.4 Å². The number of fused-ring (bicyclic) bond motifs is 1. The Labute approximate surface area is 199 Å². The standard InChI is InChI=1S/C22H14F4N10/c1-11(15-9-35(34-33-15)16-5-3-2-4-14(16)23)18-13(6-27)17(19-20(28)31-10-32-36(18)19)12-7-29-21(30-8-12)22(24,25)26/h2-5,7-11H,1H3,(H2,28,31,32)/t11-/m0/s1. The number of benzene rings is 1. The minimum Gasteiger partial charge on any atom is -0.382 e. The molecule has 2 N–H and O–H groups in total. The number of hydrogen-bond acceptors (Lipinski definition) is 8. The first-order valence-electron chi connectivity index (χ1n) is 10.3. The zero-order valence-corrected chi connectivity index (χ0v) is 18.3. The average molecular weight is 494 g/mol. The molecule has 0 radical (unpaired) electrons. The maximum absolute atomic E-state index is 14.2. The summed E-state index contributed by atoms with van der Waals surface area (Å²) in [5.74, 6) is -2.45. The van der Waals surface area contributed by atoms with Gasteiger partial charge in [0.2, 0.25) is 5.82 Å². The van der Waals surface area contributed by atoms with Gasteiger partial charge < -0.3 is 5.73 Å². The number of halogens is 4. The fourth-order valence-corrected chi connectivity index (χ4v) is 3.90. The zero-order valence-electron chi connectivity index (χ0n) is 18.3. The van der Waals surface area contributed by atoms with Gasteiger partial charge in [-0.2, -0.15) is 23.5 Å². The van der Waals surface area contributed by atoms with Crippen LogP contribution in [0.3, 0.4) is 0 Å². The third kappa shape index (κ3) is 3.66. The fraction of sp³-hybridized carbons (Fsp3) is 0.136. The van der Waals surface area contributed by atoms with E-state index < -0.39 is 23.7 Å². The molecular weight excluding hydrogens is 480 g/mol. The molecule has 0 aliphatic rings. The lowest BCUT2D eigenvalue weighted by Crippen LogP contribution is -2.10. The lowest BCUT2D eigenvalue weighted by Gasteiger charge is -2.09. The first-order chi connectivity index (χ1) is 17.2. The highest BCUT2D eigenvalue weighted by Gasteiger charge is 2.35. The summed E-state index contributed by atoms with van der Waals surface area (Å²) in [7, 11) is 0. The number of nitrogens with zero attached hydrogens (tertiary/aromatic N) is 9. The van der Waals surface area contributed by atoms with Gasteiger partial charge in [-0.15, -0.1) is 5.10 Å². The fourth-order valence-electron chi connectivity index (χ4n) is 3.90. The van der Waals surface area contributed by atoms with E-state index in [0.29, 0.717) is 11.4 Å². The summed E-state index contributed by atoms with van der Waals surface area (Å²) in [4.78, 5) is 10.8. The van der Waals surface area contributed by atoms with E-state index in [-0.39, 0.29) is 33.7 Å². The molecule has 5 rings (SSSR count). The number of hydrogen-bond donors (Lipinski definition) is 1. The van der Waals surface area contributed by atoms with Crippen LogP contribution in [-0.2, 0) is 6.18 Å². The summed E-state index contributed by atoms with van der Waals surface area (Å²) >= 11 is 0. The van der Waals surface area contributed by atoms with Gasteiger partial charge in [0.1, 0.15) is 29.4 Å². The number of nitriles is 1. The summed E-state index contributed by atoms with van der Waals surface area (Å²) < 4.78 is 55.8. The van der Waals surface area contributed by atoms with Crippen LogP contribution in [0, 0.1) is 17.1 Å². The second-order valence-electron chi connectivity index (χ2n) is 7.71. The highest BCUT2D eigenvalue weighted by molar-refractivity contribution is 5.92. The molecule has 0 saturated carbocycles. The van der Waals surface area contributed by atoms with E-state index in [1.165, 1.54) is 33.9 Å². The molecule has 14 heteroatoms. The number of anilines is 1. The molecule has 4 aromatic heterocycles. The summed E-state index contributed by atoms with van der Waals surface area (Å²) in [5, 5.41) is 22.4. The minimum absolute atomic E-state index is 0.00939. The molecule has 4 heterocycles. The lowest BCUT2D eigenvalue weighted by molar-refractivity contribution is -0.144. The van der Waals surface area contributed by atoms with E-state index in [4.69, 9.17) is 5.73 Å². The lowest BCUT2D eigenvalue weighted by atomic mass is 9.97. The minimum atomic E-state index is -4.73. The number of rotatable bonds is 4. The van der Waals surface area contributed by atoms with Crippen molar-refractivity contribution in [3.8, 4) is 22.9 Å². The number of aromatic nitrogens is 8. The summed E-state index contributed by atoms with van der Waals surface area (Å²) in [5.41, 5.74) is 7.53. The predicted octanol–water partition coefficient (Wildman–Crippen LogP) is 3.53. The van der Waals surface area contributed by atoms with E-state index in [1.807, 2.05) is 0 Å². The van der Waals surface area contributed by atoms with E-state index >= 15 is 0 Å². The van der Waals surface area contributed by atoms with Crippen molar-refractivity contribution in [1.82, 2.24) is 39.6 Å². The molecule has 5 aromatic rings. The summed E-state index contributed by atoms with van der Waals surface area (Å²) in [6, 6.07) is 8.09. The Morgan fingerprint density at radius 2 is 1.83 bits per heavy atom. The molecule has 36 heavy (non-hydrogen) atoms. The van der Waals surface area contributed by atoms with Gasteiger partial charge in [-0.3, -0.25) is 0 Å². The molecular formula is C22H14F4N10. The molecule has 0 unspecified atom stereocenters. The van der Waals surface area contributed by atoms with E-state index in [0.717, 1.165) is 12.4 Å². The van der Waals surface area contributed by atoms with Crippen LogP contribution in [-0.4, -0.2) is 39.6 Å². The van der Waals surface area contributed by atoms with Crippen LogP contribution < -0.4 is 5.73 Å². The average Bonchev–Trinajstić information content (AvgIpc) is 3.47. The van der Waals surface area contributed by atoms with Crippen LogP contribution in [0.4, 0.5) is 23.4 Å². The van der Waals surface area contributed by atoms with E-state index in [2.05, 4.69) is 36.4 Å². The Kier molecular flexibility index (Phi) is 5.32. The van der Waals surface area contributed by atoms with Crippen LogP contribution >= 0.6 is 0 Å². The van der Waals surface area contributed by atoms with Crippen LogP contribution in [0.1, 0.15) is 35.6 Å². The number of nitrogen functional groups attached to an aromatic ring is 1. The highest BCUT2D eigenvalue weighted by atomic mass is 19.4. The smallest absolute Gasteiger partial charge is 0.382 e. The number of para-hydroxylation sites is 1. The first-order valence-corrected chi connectivity index (χ1v) is 10.3. The Morgan fingerprint density at radius 3 is 2.50 bits per heavy atom. The van der Waals surface area contributed by atoms with Crippen LogP contribution in [0.25, 0.3) is 22.3 Å². The second-order valence-corrected chi connectivity index (χ2v) is 7.71. The zero-order chi connectivity index (χ0) is 25.6. The summed E-state index contributed by atoms with van der Waals surface area (Å²) in [6.45, 7) is 1.73. The van der Waals surface area contributed by atoms with Gasteiger partial charge in [-0.05, 0) is 12.1 Å².